The molecular weight excluding hydrogens is 356 g/mol. The highest BCUT2D eigenvalue weighted by Crippen LogP contribution is 2.41. The SMILES string of the molecule is CCc1ccc(C(=O)[C@H](C)Sc2nnc(-c3cccnc3)n2C2CC2)cc1. The van der Waals surface area contributed by atoms with Crippen LogP contribution in [0.1, 0.15) is 48.7 Å². The van der Waals surface area contributed by atoms with Crippen LogP contribution >= 0.6 is 11.8 Å². The number of rotatable bonds is 7. The topological polar surface area (TPSA) is 60.7 Å². The normalized spacial score (nSPS) is 14.9. The van der Waals surface area contributed by atoms with Gasteiger partial charge in [-0.15, -0.1) is 10.2 Å². The number of carbonyl (C=O) groups is 1. The molecule has 0 N–H and O–H groups in total. The van der Waals surface area contributed by atoms with Gasteiger partial charge in [0, 0.05) is 29.6 Å². The van der Waals surface area contributed by atoms with Gasteiger partial charge in [-0.1, -0.05) is 43.0 Å². The lowest BCUT2D eigenvalue weighted by atomic mass is 10.1. The van der Waals surface area contributed by atoms with Gasteiger partial charge in [-0.05, 0) is 43.9 Å². The van der Waals surface area contributed by atoms with E-state index in [1.165, 1.54) is 17.3 Å². The molecule has 1 saturated carbocycles. The minimum Gasteiger partial charge on any atom is -0.299 e. The number of ketones is 1. The van der Waals surface area contributed by atoms with Crippen LogP contribution in [0.15, 0.2) is 53.9 Å². The Morgan fingerprint density at radius 3 is 2.63 bits per heavy atom. The summed E-state index contributed by atoms with van der Waals surface area (Å²) >= 11 is 1.49. The summed E-state index contributed by atoms with van der Waals surface area (Å²) < 4.78 is 2.17. The first-order valence-corrected chi connectivity index (χ1v) is 10.2. The van der Waals surface area contributed by atoms with E-state index < -0.39 is 0 Å². The van der Waals surface area contributed by atoms with Gasteiger partial charge in [0.15, 0.2) is 16.8 Å². The molecule has 2 heterocycles. The highest BCUT2D eigenvalue weighted by Gasteiger charge is 2.31. The van der Waals surface area contributed by atoms with E-state index in [1.807, 2.05) is 43.3 Å². The van der Waals surface area contributed by atoms with Gasteiger partial charge in [-0.2, -0.15) is 0 Å². The molecule has 1 atom stereocenters. The van der Waals surface area contributed by atoms with Crippen molar-refractivity contribution in [3.63, 3.8) is 0 Å². The van der Waals surface area contributed by atoms with Crippen molar-refractivity contribution in [2.75, 3.05) is 0 Å². The maximum Gasteiger partial charge on any atom is 0.192 e. The van der Waals surface area contributed by atoms with E-state index in [9.17, 15) is 4.79 Å². The van der Waals surface area contributed by atoms with Crippen LogP contribution in [-0.4, -0.2) is 30.8 Å². The molecule has 0 radical (unpaired) electrons. The Kier molecular flexibility index (Phi) is 5.07. The Hall–Kier alpha value is -2.47. The molecule has 1 aliphatic rings. The number of hydrogen-bond donors (Lipinski definition) is 0. The molecule has 27 heavy (non-hydrogen) atoms. The monoisotopic (exact) mass is 378 g/mol. The molecule has 6 heteroatoms. The van der Waals surface area contributed by atoms with Crippen molar-refractivity contribution < 1.29 is 4.79 Å². The average Bonchev–Trinajstić information content (AvgIpc) is 3.48. The number of aryl methyl sites for hydroxylation is 1. The summed E-state index contributed by atoms with van der Waals surface area (Å²) in [5.74, 6) is 0.955. The van der Waals surface area contributed by atoms with E-state index in [0.717, 1.165) is 41.4 Å². The van der Waals surface area contributed by atoms with Gasteiger partial charge >= 0.3 is 0 Å². The molecule has 5 nitrogen and oxygen atoms in total. The fourth-order valence-electron chi connectivity index (χ4n) is 3.06. The molecule has 1 aliphatic carbocycles. The molecule has 0 unspecified atom stereocenters. The quantitative estimate of drug-likeness (QED) is 0.444. The zero-order valence-electron chi connectivity index (χ0n) is 15.5. The summed E-state index contributed by atoms with van der Waals surface area (Å²) in [6.07, 6.45) is 6.78. The van der Waals surface area contributed by atoms with Crippen molar-refractivity contribution in [1.29, 1.82) is 0 Å². The van der Waals surface area contributed by atoms with Crippen LogP contribution in [0, 0.1) is 0 Å². The molecule has 0 aliphatic heterocycles. The minimum absolute atomic E-state index is 0.121. The number of nitrogens with zero attached hydrogens (tertiary/aromatic N) is 4. The van der Waals surface area contributed by atoms with Crippen molar-refractivity contribution in [3.05, 3.63) is 59.9 Å². The number of Topliss-reactive ketones (excluding diaryl/α,β-unsaturated/α-hetero) is 1. The van der Waals surface area contributed by atoms with Gasteiger partial charge in [0.25, 0.3) is 0 Å². The largest absolute Gasteiger partial charge is 0.299 e. The molecular formula is C21H22N4OS. The standard InChI is InChI=1S/C21H22N4OS/c1-3-15-6-8-16(9-7-15)19(26)14(2)27-21-24-23-20(25(21)18-10-11-18)17-5-4-12-22-13-17/h4-9,12-14,18H,3,10-11H2,1-2H3/t14-/m0/s1. The second-order valence-electron chi connectivity index (χ2n) is 6.82. The summed E-state index contributed by atoms with van der Waals surface area (Å²) in [7, 11) is 0. The van der Waals surface area contributed by atoms with Crippen LogP contribution < -0.4 is 0 Å². The van der Waals surface area contributed by atoms with E-state index in [2.05, 4.69) is 26.7 Å². The summed E-state index contributed by atoms with van der Waals surface area (Å²) in [6, 6.07) is 12.2. The fourth-order valence-corrected chi connectivity index (χ4v) is 4.06. The lowest BCUT2D eigenvalue weighted by Crippen LogP contribution is -2.14. The maximum atomic E-state index is 12.8. The molecule has 0 saturated heterocycles. The molecule has 1 aromatic carbocycles. The van der Waals surface area contributed by atoms with E-state index in [-0.39, 0.29) is 11.0 Å². The molecule has 138 valence electrons. The molecule has 3 aromatic rings. The van der Waals surface area contributed by atoms with Gasteiger partial charge in [-0.25, -0.2) is 0 Å². The lowest BCUT2D eigenvalue weighted by Gasteiger charge is -2.12. The Balaban J connectivity index is 1.57. The summed E-state index contributed by atoms with van der Waals surface area (Å²) in [4.78, 5) is 17.0. The number of hydrogen-bond acceptors (Lipinski definition) is 5. The molecule has 0 spiro atoms. The van der Waals surface area contributed by atoms with Crippen LogP contribution in [0.2, 0.25) is 0 Å². The Labute approximate surface area is 163 Å². The summed E-state index contributed by atoms with van der Waals surface area (Å²) in [5.41, 5.74) is 2.94. The third kappa shape index (κ3) is 3.81. The summed E-state index contributed by atoms with van der Waals surface area (Å²) in [6.45, 7) is 4.05. The molecule has 0 bridgehead atoms. The van der Waals surface area contributed by atoms with Crippen molar-refractivity contribution in [1.82, 2.24) is 19.7 Å². The number of benzene rings is 1. The number of pyridine rings is 1. The van der Waals surface area contributed by atoms with Crippen molar-refractivity contribution in [3.8, 4) is 11.4 Å². The molecule has 2 aromatic heterocycles. The average molecular weight is 379 g/mol. The zero-order chi connectivity index (χ0) is 18.8. The first-order valence-electron chi connectivity index (χ1n) is 9.32. The number of carbonyl (C=O) groups excluding carboxylic acids is 1. The highest BCUT2D eigenvalue weighted by atomic mass is 32.2. The predicted molar refractivity (Wildman–Crippen MR) is 107 cm³/mol. The second kappa shape index (κ2) is 7.64. The van der Waals surface area contributed by atoms with Gasteiger partial charge in [0.2, 0.25) is 0 Å². The van der Waals surface area contributed by atoms with Crippen LogP contribution in [0.4, 0.5) is 0 Å². The van der Waals surface area contributed by atoms with E-state index >= 15 is 0 Å². The van der Waals surface area contributed by atoms with Crippen LogP contribution in [0.25, 0.3) is 11.4 Å². The Morgan fingerprint density at radius 2 is 2.00 bits per heavy atom. The first-order chi connectivity index (χ1) is 13.2. The molecule has 4 rings (SSSR count). The van der Waals surface area contributed by atoms with Gasteiger partial charge in [0.05, 0.1) is 5.25 Å². The Morgan fingerprint density at radius 1 is 1.22 bits per heavy atom. The molecule has 1 fully saturated rings. The Bertz CT molecular complexity index is 933. The van der Waals surface area contributed by atoms with Crippen molar-refractivity contribution in [2.45, 2.75) is 49.6 Å². The lowest BCUT2D eigenvalue weighted by molar-refractivity contribution is 0.0994. The third-order valence-corrected chi connectivity index (χ3v) is 5.85. The van der Waals surface area contributed by atoms with E-state index in [4.69, 9.17) is 0 Å². The zero-order valence-corrected chi connectivity index (χ0v) is 16.3. The fraction of sp³-hybridized carbons (Fsp3) is 0.333. The van der Waals surface area contributed by atoms with E-state index in [0.29, 0.717) is 6.04 Å². The van der Waals surface area contributed by atoms with Crippen molar-refractivity contribution >= 4 is 17.5 Å². The van der Waals surface area contributed by atoms with Gasteiger partial charge in [0.1, 0.15) is 0 Å². The maximum absolute atomic E-state index is 12.8. The van der Waals surface area contributed by atoms with Crippen molar-refractivity contribution in [2.24, 2.45) is 0 Å². The minimum atomic E-state index is -0.221. The number of aromatic nitrogens is 4. The van der Waals surface area contributed by atoms with Gasteiger partial charge < -0.3 is 0 Å². The third-order valence-electron chi connectivity index (χ3n) is 4.79. The van der Waals surface area contributed by atoms with Crippen LogP contribution in [-0.2, 0) is 6.42 Å². The first kappa shape index (κ1) is 17.9. The molecule has 0 amide bonds. The van der Waals surface area contributed by atoms with Gasteiger partial charge in [-0.3, -0.25) is 14.3 Å². The number of thioether (sulfide) groups is 1. The highest BCUT2D eigenvalue weighted by molar-refractivity contribution is 8.00. The predicted octanol–water partition coefficient (Wildman–Crippen LogP) is 4.60. The van der Waals surface area contributed by atoms with Crippen LogP contribution in [0.5, 0.6) is 0 Å². The van der Waals surface area contributed by atoms with Crippen LogP contribution in [0.3, 0.4) is 0 Å². The second-order valence-corrected chi connectivity index (χ2v) is 8.13. The van der Waals surface area contributed by atoms with E-state index in [1.54, 1.807) is 12.4 Å². The summed E-state index contributed by atoms with van der Waals surface area (Å²) in [5, 5.41) is 9.38. The smallest absolute Gasteiger partial charge is 0.192 e.